The number of ether oxygens (including phenoxy) is 2. The highest BCUT2D eigenvalue weighted by Crippen LogP contribution is 2.33. The van der Waals surface area contributed by atoms with Crippen molar-refractivity contribution in [1.29, 1.82) is 0 Å². The molecular weight excluding hydrogens is 534 g/mol. The summed E-state index contributed by atoms with van der Waals surface area (Å²) in [6.45, 7) is 11.5. The molecule has 6 rings (SSSR count). The molecule has 3 fully saturated rings. The van der Waals surface area contributed by atoms with Gasteiger partial charge in [0.25, 0.3) is 0 Å². The van der Waals surface area contributed by atoms with Crippen LogP contribution in [0, 0.1) is 20.8 Å². The lowest BCUT2D eigenvalue weighted by Gasteiger charge is -2.42. The van der Waals surface area contributed by atoms with Crippen molar-refractivity contribution in [3.63, 3.8) is 0 Å². The Labute approximate surface area is 249 Å². The molecule has 4 aliphatic rings. The third-order valence-corrected chi connectivity index (χ3v) is 9.89. The van der Waals surface area contributed by atoms with E-state index >= 15 is 0 Å². The van der Waals surface area contributed by atoms with Crippen LogP contribution in [0.5, 0.6) is 5.75 Å². The lowest BCUT2D eigenvalue weighted by Crippen LogP contribution is -2.53. The van der Waals surface area contributed by atoms with Crippen LogP contribution in [-0.2, 0) is 16.1 Å². The first-order valence-electron chi connectivity index (χ1n) is 15.2. The van der Waals surface area contributed by atoms with Gasteiger partial charge < -0.3 is 28.9 Å². The molecule has 230 valence electrons. The first kappa shape index (κ1) is 30.4. The summed E-state index contributed by atoms with van der Waals surface area (Å²) in [5.41, 5.74) is 4.86. The Hall–Kier alpha value is -3.08. The summed E-state index contributed by atoms with van der Waals surface area (Å²) in [4.78, 5) is 32.8. The van der Waals surface area contributed by atoms with E-state index < -0.39 is 6.09 Å². The summed E-state index contributed by atoms with van der Waals surface area (Å²) >= 11 is 0. The first-order chi connectivity index (χ1) is 20.2. The molecular formula is C32H47N5O5. The minimum atomic E-state index is -0.948. The van der Waals surface area contributed by atoms with E-state index in [4.69, 9.17) is 9.47 Å². The zero-order valence-electron chi connectivity index (χ0n) is 25.8. The Balaban J connectivity index is 0.000000271. The molecule has 0 aliphatic carbocycles. The van der Waals surface area contributed by atoms with Gasteiger partial charge in [-0.1, -0.05) is 0 Å². The highest BCUT2D eigenvalue weighted by atomic mass is 16.5. The van der Waals surface area contributed by atoms with Crippen molar-refractivity contribution in [1.82, 2.24) is 24.2 Å². The number of likely N-dealkylation sites (N-methyl/N-ethyl adjacent to an activating group) is 1. The number of carbonyl (C=O) groups excluding carboxylic acids is 1. The molecule has 4 aliphatic heterocycles. The smallest absolute Gasteiger partial charge is 0.408 e. The molecule has 1 N–H and O–H groups in total. The SMILES string of the molecule is CN1CC2CC1CN2C1CCN(C(=O)COCC2c3cccn3CCN2C(=O)O)CC1.COc1cc(C)c(C)c(C)c1. The molecule has 2 amide bonds. The quantitative estimate of drug-likeness (QED) is 0.558. The van der Waals surface area contributed by atoms with Gasteiger partial charge in [0, 0.05) is 69.3 Å². The molecule has 10 heteroatoms. The Morgan fingerprint density at radius 1 is 0.976 bits per heavy atom. The van der Waals surface area contributed by atoms with Crippen LogP contribution in [-0.4, -0.2) is 119 Å². The minimum absolute atomic E-state index is 0.00847. The summed E-state index contributed by atoms with van der Waals surface area (Å²) in [5, 5.41) is 9.53. The maximum absolute atomic E-state index is 12.7. The van der Waals surface area contributed by atoms with Crippen LogP contribution < -0.4 is 4.74 Å². The molecule has 0 saturated carbocycles. The molecule has 1 aromatic carbocycles. The number of benzene rings is 1. The normalized spacial score (nSPS) is 24.4. The maximum Gasteiger partial charge on any atom is 0.408 e. The number of aryl methyl sites for hydroxylation is 2. The topological polar surface area (TPSA) is 90.7 Å². The van der Waals surface area contributed by atoms with Gasteiger partial charge in [-0.25, -0.2) is 4.79 Å². The van der Waals surface area contributed by atoms with Gasteiger partial charge in [0.1, 0.15) is 12.4 Å². The number of aromatic nitrogens is 1. The van der Waals surface area contributed by atoms with E-state index in [1.54, 1.807) is 7.11 Å². The van der Waals surface area contributed by atoms with Crippen molar-refractivity contribution in [2.24, 2.45) is 0 Å². The molecule has 0 radical (unpaired) electrons. The van der Waals surface area contributed by atoms with Crippen LogP contribution in [0.3, 0.4) is 0 Å². The van der Waals surface area contributed by atoms with E-state index in [0.29, 0.717) is 31.2 Å². The molecule has 2 aromatic rings. The van der Waals surface area contributed by atoms with Gasteiger partial charge in [-0.15, -0.1) is 0 Å². The summed E-state index contributed by atoms with van der Waals surface area (Å²) in [6, 6.07) is 9.59. The standard InChI is InChI=1S/C22H33N5O4.C10H14O/c1-23-12-18-11-17(23)13-27(18)16-4-7-25(8-5-16)21(28)15-31-14-20-19-3-2-6-24(19)9-10-26(20)22(29)30;1-7-5-10(11-4)6-8(2)9(7)3/h2-3,6,16-18,20H,4-5,7-15H2,1H3,(H,29,30);5-6H,1-4H3. The summed E-state index contributed by atoms with van der Waals surface area (Å²) in [5.74, 6) is 0.958. The third kappa shape index (κ3) is 6.45. The fraction of sp³-hybridized carbons (Fsp3) is 0.625. The maximum atomic E-state index is 12.7. The van der Waals surface area contributed by atoms with Crippen molar-refractivity contribution in [3.8, 4) is 5.75 Å². The van der Waals surface area contributed by atoms with E-state index in [1.165, 1.54) is 41.1 Å². The molecule has 2 bridgehead atoms. The largest absolute Gasteiger partial charge is 0.497 e. The number of amides is 2. The summed E-state index contributed by atoms with van der Waals surface area (Å²) in [7, 11) is 3.92. The molecule has 0 spiro atoms. The van der Waals surface area contributed by atoms with Crippen LogP contribution in [0.1, 0.15) is 47.7 Å². The van der Waals surface area contributed by atoms with Crippen LogP contribution in [0.4, 0.5) is 4.79 Å². The first-order valence-corrected chi connectivity index (χ1v) is 15.2. The zero-order valence-corrected chi connectivity index (χ0v) is 25.8. The number of carboxylic acid groups (broad SMARTS) is 1. The highest BCUT2D eigenvalue weighted by molar-refractivity contribution is 5.77. The zero-order chi connectivity index (χ0) is 30.0. The fourth-order valence-corrected chi connectivity index (χ4v) is 7.12. The van der Waals surface area contributed by atoms with Crippen molar-refractivity contribution >= 4 is 12.0 Å². The van der Waals surface area contributed by atoms with E-state index in [9.17, 15) is 14.7 Å². The third-order valence-electron chi connectivity index (χ3n) is 9.89. The Morgan fingerprint density at radius 3 is 2.29 bits per heavy atom. The molecule has 3 unspecified atom stereocenters. The monoisotopic (exact) mass is 581 g/mol. The summed E-state index contributed by atoms with van der Waals surface area (Å²) < 4.78 is 12.9. The Morgan fingerprint density at radius 2 is 1.69 bits per heavy atom. The molecule has 5 heterocycles. The van der Waals surface area contributed by atoms with Gasteiger partial charge in [-0.3, -0.25) is 14.6 Å². The number of hydrogen-bond donors (Lipinski definition) is 1. The fourth-order valence-electron chi connectivity index (χ4n) is 7.12. The van der Waals surface area contributed by atoms with Gasteiger partial charge in [0.15, 0.2) is 0 Å². The average molecular weight is 582 g/mol. The van der Waals surface area contributed by atoms with E-state index in [-0.39, 0.29) is 25.2 Å². The number of rotatable bonds is 6. The second kappa shape index (κ2) is 13.1. The lowest BCUT2D eigenvalue weighted by molar-refractivity contribution is -0.138. The average Bonchev–Trinajstić information content (AvgIpc) is 3.72. The summed E-state index contributed by atoms with van der Waals surface area (Å²) in [6.07, 6.45) is 4.36. The van der Waals surface area contributed by atoms with Crippen LogP contribution in [0.25, 0.3) is 0 Å². The number of carbonyl (C=O) groups is 2. The van der Waals surface area contributed by atoms with Gasteiger partial charge in [0.2, 0.25) is 5.91 Å². The number of hydrogen-bond acceptors (Lipinski definition) is 6. The second-order valence-corrected chi connectivity index (χ2v) is 12.3. The number of piperazine rings is 1. The van der Waals surface area contributed by atoms with Gasteiger partial charge in [0.05, 0.1) is 19.8 Å². The lowest BCUT2D eigenvalue weighted by atomic mass is 10.0. The van der Waals surface area contributed by atoms with Gasteiger partial charge in [-0.05, 0) is 88.0 Å². The Bertz CT molecular complexity index is 1230. The van der Waals surface area contributed by atoms with Crippen LogP contribution in [0.2, 0.25) is 0 Å². The van der Waals surface area contributed by atoms with E-state index in [0.717, 1.165) is 37.4 Å². The van der Waals surface area contributed by atoms with Crippen molar-refractivity contribution < 1.29 is 24.2 Å². The minimum Gasteiger partial charge on any atom is -0.497 e. The molecule has 3 saturated heterocycles. The highest BCUT2D eigenvalue weighted by Gasteiger charge is 2.44. The predicted molar refractivity (Wildman–Crippen MR) is 161 cm³/mol. The molecule has 10 nitrogen and oxygen atoms in total. The van der Waals surface area contributed by atoms with E-state index in [2.05, 4.69) is 54.3 Å². The Kier molecular flexibility index (Phi) is 9.44. The van der Waals surface area contributed by atoms with Crippen molar-refractivity contribution in [2.75, 3.05) is 60.1 Å². The number of nitrogens with zero attached hydrogens (tertiary/aromatic N) is 5. The van der Waals surface area contributed by atoms with Gasteiger partial charge in [-0.2, -0.15) is 0 Å². The van der Waals surface area contributed by atoms with Gasteiger partial charge >= 0.3 is 6.09 Å². The molecule has 42 heavy (non-hydrogen) atoms. The molecule has 1 aromatic heterocycles. The number of methoxy groups -OCH3 is 1. The van der Waals surface area contributed by atoms with Crippen LogP contribution in [0.15, 0.2) is 30.5 Å². The van der Waals surface area contributed by atoms with Crippen LogP contribution >= 0.6 is 0 Å². The number of fused-ring (bicyclic) bond motifs is 3. The van der Waals surface area contributed by atoms with Crippen molar-refractivity contribution in [2.45, 2.75) is 70.7 Å². The second-order valence-electron chi connectivity index (χ2n) is 12.3. The van der Waals surface area contributed by atoms with E-state index in [1.807, 2.05) is 23.2 Å². The number of piperidine rings is 1. The predicted octanol–water partition coefficient (Wildman–Crippen LogP) is 3.54. The van der Waals surface area contributed by atoms with Crippen molar-refractivity contribution in [3.05, 3.63) is 52.8 Å². The number of likely N-dealkylation sites (tertiary alicyclic amines) is 3. The molecule has 3 atom stereocenters.